The number of hydrogen-bond donors (Lipinski definition) is 0. The Labute approximate surface area is 82.4 Å². The molecule has 0 atom stereocenters. The van der Waals surface area contributed by atoms with Gasteiger partial charge in [0.25, 0.3) is 0 Å². The first-order valence-corrected chi connectivity index (χ1v) is 4.21. The van der Waals surface area contributed by atoms with E-state index in [-0.39, 0.29) is 0 Å². The number of hydrogen-bond acceptors (Lipinski definition) is 3. The molecule has 14 heavy (non-hydrogen) atoms. The Morgan fingerprint density at radius 1 is 1.29 bits per heavy atom. The first kappa shape index (κ1) is 8.69. The SMILES string of the molecule is COc1cc[c]cc1-c1cncnc1. The number of aromatic nitrogens is 2. The Kier molecular flexibility index (Phi) is 2.40. The fourth-order valence-electron chi connectivity index (χ4n) is 1.26. The molecule has 0 bridgehead atoms. The first-order chi connectivity index (χ1) is 6.92. The maximum Gasteiger partial charge on any atom is 0.126 e. The summed E-state index contributed by atoms with van der Waals surface area (Å²) < 4.78 is 5.22. The van der Waals surface area contributed by atoms with Crippen molar-refractivity contribution in [2.24, 2.45) is 0 Å². The Morgan fingerprint density at radius 2 is 2.07 bits per heavy atom. The van der Waals surface area contributed by atoms with E-state index in [2.05, 4.69) is 16.0 Å². The normalized spacial score (nSPS) is 9.79. The van der Waals surface area contributed by atoms with Gasteiger partial charge in [0.05, 0.1) is 7.11 Å². The highest BCUT2D eigenvalue weighted by Gasteiger charge is 2.03. The molecule has 0 fully saturated rings. The van der Waals surface area contributed by atoms with Crippen LogP contribution in [0.3, 0.4) is 0 Å². The van der Waals surface area contributed by atoms with Crippen molar-refractivity contribution in [3.8, 4) is 16.9 Å². The summed E-state index contributed by atoms with van der Waals surface area (Å²) in [5, 5.41) is 0. The molecule has 2 aromatic rings. The van der Waals surface area contributed by atoms with Crippen LogP contribution >= 0.6 is 0 Å². The van der Waals surface area contributed by atoms with Crippen molar-refractivity contribution in [3.05, 3.63) is 43.0 Å². The number of benzene rings is 1. The highest BCUT2D eigenvalue weighted by molar-refractivity contribution is 5.68. The smallest absolute Gasteiger partial charge is 0.126 e. The van der Waals surface area contributed by atoms with Gasteiger partial charge in [-0.15, -0.1) is 0 Å². The Morgan fingerprint density at radius 3 is 2.79 bits per heavy atom. The van der Waals surface area contributed by atoms with Gasteiger partial charge >= 0.3 is 0 Å². The minimum Gasteiger partial charge on any atom is -0.496 e. The lowest BCUT2D eigenvalue weighted by molar-refractivity contribution is 0.416. The van der Waals surface area contributed by atoms with Crippen LogP contribution in [-0.2, 0) is 0 Å². The van der Waals surface area contributed by atoms with Gasteiger partial charge in [-0.3, -0.25) is 0 Å². The molecule has 3 heteroatoms. The molecule has 1 aromatic carbocycles. The predicted molar refractivity (Wildman–Crippen MR) is 52.9 cm³/mol. The second-order valence-electron chi connectivity index (χ2n) is 2.75. The molecule has 0 saturated carbocycles. The van der Waals surface area contributed by atoms with E-state index < -0.39 is 0 Å². The molecule has 1 aromatic heterocycles. The van der Waals surface area contributed by atoms with Crippen molar-refractivity contribution < 1.29 is 4.74 Å². The minimum atomic E-state index is 0.804. The van der Waals surface area contributed by atoms with Crippen LogP contribution < -0.4 is 4.74 Å². The van der Waals surface area contributed by atoms with E-state index in [4.69, 9.17) is 4.74 Å². The zero-order chi connectivity index (χ0) is 9.80. The zero-order valence-corrected chi connectivity index (χ0v) is 7.77. The van der Waals surface area contributed by atoms with Crippen LogP contribution in [0.25, 0.3) is 11.1 Å². The third kappa shape index (κ3) is 1.57. The third-order valence-corrected chi connectivity index (χ3v) is 1.92. The molecule has 0 spiro atoms. The van der Waals surface area contributed by atoms with E-state index >= 15 is 0 Å². The van der Waals surface area contributed by atoms with Gasteiger partial charge < -0.3 is 4.74 Å². The summed E-state index contributed by atoms with van der Waals surface area (Å²) >= 11 is 0. The first-order valence-electron chi connectivity index (χ1n) is 4.21. The van der Waals surface area contributed by atoms with Gasteiger partial charge in [-0.2, -0.15) is 0 Å². The molecule has 0 aliphatic carbocycles. The molecule has 0 unspecified atom stereocenters. The van der Waals surface area contributed by atoms with E-state index in [1.807, 2.05) is 18.2 Å². The van der Waals surface area contributed by atoms with Crippen LogP contribution in [0.5, 0.6) is 5.75 Å². The second kappa shape index (κ2) is 3.87. The van der Waals surface area contributed by atoms with Crippen LogP contribution in [0.4, 0.5) is 0 Å². The molecule has 1 radical (unpaired) electrons. The van der Waals surface area contributed by atoms with Crippen molar-refractivity contribution in [1.82, 2.24) is 9.97 Å². The average molecular weight is 185 g/mol. The quantitative estimate of drug-likeness (QED) is 0.717. The fraction of sp³-hybridized carbons (Fsp3) is 0.0909. The van der Waals surface area contributed by atoms with Gasteiger partial charge in [-0.1, -0.05) is 6.07 Å². The van der Waals surface area contributed by atoms with Crippen molar-refractivity contribution in [1.29, 1.82) is 0 Å². The van der Waals surface area contributed by atoms with E-state index in [0.29, 0.717) is 0 Å². The average Bonchev–Trinajstić information content (AvgIpc) is 2.30. The Hall–Kier alpha value is -1.90. The lowest BCUT2D eigenvalue weighted by Gasteiger charge is -2.06. The van der Waals surface area contributed by atoms with Crippen molar-refractivity contribution in [2.75, 3.05) is 7.11 Å². The summed E-state index contributed by atoms with van der Waals surface area (Å²) in [7, 11) is 1.64. The Bertz CT molecular complexity index is 415. The fourth-order valence-corrected chi connectivity index (χ4v) is 1.26. The highest BCUT2D eigenvalue weighted by Crippen LogP contribution is 2.27. The van der Waals surface area contributed by atoms with Gasteiger partial charge in [0.15, 0.2) is 0 Å². The largest absolute Gasteiger partial charge is 0.496 e. The second-order valence-corrected chi connectivity index (χ2v) is 2.75. The molecule has 1 heterocycles. The maximum atomic E-state index is 5.22. The number of ether oxygens (including phenoxy) is 1. The van der Waals surface area contributed by atoms with Gasteiger partial charge in [0.2, 0.25) is 0 Å². The molecule has 0 aliphatic rings. The summed E-state index contributed by atoms with van der Waals surface area (Å²) in [4.78, 5) is 7.91. The lowest BCUT2D eigenvalue weighted by Crippen LogP contribution is -1.88. The summed E-state index contributed by atoms with van der Waals surface area (Å²) in [6, 6.07) is 8.53. The summed E-state index contributed by atoms with van der Waals surface area (Å²) in [5.41, 5.74) is 1.89. The molecule has 3 nitrogen and oxygen atoms in total. The van der Waals surface area contributed by atoms with Crippen LogP contribution in [0.15, 0.2) is 36.9 Å². The summed E-state index contributed by atoms with van der Waals surface area (Å²) in [6.45, 7) is 0. The molecule has 2 rings (SSSR count). The molecule has 69 valence electrons. The summed E-state index contributed by atoms with van der Waals surface area (Å²) in [5.74, 6) is 0.804. The van der Waals surface area contributed by atoms with Crippen LogP contribution in [-0.4, -0.2) is 17.1 Å². The molecule has 0 aliphatic heterocycles. The predicted octanol–water partition coefficient (Wildman–Crippen LogP) is 1.95. The van der Waals surface area contributed by atoms with E-state index in [1.165, 1.54) is 6.33 Å². The van der Waals surface area contributed by atoms with Crippen molar-refractivity contribution in [2.45, 2.75) is 0 Å². The van der Waals surface area contributed by atoms with Crippen molar-refractivity contribution >= 4 is 0 Å². The van der Waals surface area contributed by atoms with Crippen LogP contribution in [0.2, 0.25) is 0 Å². The zero-order valence-electron chi connectivity index (χ0n) is 7.77. The van der Waals surface area contributed by atoms with Crippen LogP contribution in [0.1, 0.15) is 0 Å². The molecular weight excluding hydrogens is 176 g/mol. The van der Waals surface area contributed by atoms with Gasteiger partial charge in [-0.25, -0.2) is 9.97 Å². The molecule has 0 saturated heterocycles. The summed E-state index contributed by atoms with van der Waals surface area (Å²) in [6.07, 6.45) is 5.00. The van der Waals surface area contributed by atoms with E-state index in [9.17, 15) is 0 Å². The molecular formula is C11H9N2O. The lowest BCUT2D eigenvalue weighted by atomic mass is 10.1. The minimum absolute atomic E-state index is 0.804. The third-order valence-electron chi connectivity index (χ3n) is 1.92. The standard InChI is InChI=1S/C11H9N2O/c1-14-11-5-3-2-4-10(11)9-6-12-8-13-7-9/h3-8H,1H3. The molecule has 0 N–H and O–H groups in total. The number of rotatable bonds is 2. The van der Waals surface area contributed by atoms with Gasteiger partial charge in [-0.05, 0) is 18.2 Å². The molecule has 0 amide bonds. The number of nitrogens with zero attached hydrogens (tertiary/aromatic N) is 2. The van der Waals surface area contributed by atoms with E-state index in [0.717, 1.165) is 16.9 Å². The van der Waals surface area contributed by atoms with Crippen LogP contribution in [0, 0.1) is 6.07 Å². The Balaban J connectivity index is 2.51. The van der Waals surface area contributed by atoms with Gasteiger partial charge in [0.1, 0.15) is 12.1 Å². The number of methoxy groups -OCH3 is 1. The highest BCUT2D eigenvalue weighted by atomic mass is 16.5. The van der Waals surface area contributed by atoms with E-state index in [1.54, 1.807) is 19.5 Å². The maximum absolute atomic E-state index is 5.22. The topological polar surface area (TPSA) is 35.0 Å². The monoisotopic (exact) mass is 185 g/mol. The van der Waals surface area contributed by atoms with Gasteiger partial charge in [0, 0.05) is 23.5 Å². The van der Waals surface area contributed by atoms with Crippen molar-refractivity contribution in [3.63, 3.8) is 0 Å².